The summed E-state index contributed by atoms with van der Waals surface area (Å²) < 4.78 is 6.55. The number of benzene rings is 1. The molecule has 1 aromatic heterocycles. The molecule has 7 heteroatoms. The van der Waals surface area contributed by atoms with Crippen molar-refractivity contribution in [1.82, 2.24) is 9.78 Å². The lowest BCUT2D eigenvalue weighted by Crippen LogP contribution is -2.19. The van der Waals surface area contributed by atoms with Crippen LogP contribution in [0.5, 0.6) is 0 Å². The Labute approximate surface area is 147 Å². The SMILES string of the molecule is CCCCC(O)Cn1nc(Nc2ccccc2)c(C(=O)OCC)c1N. The molecule has 7 nitrogen and oxygen atoms in total. The van der Waals surface area contributed by atoms with Crippen molar-refractivity contribution in [3.63, 3.8) is 0 Å². The fraction of sp³-hybridized carbons (Fsp3) is 0.444. The lowest BCUT2D eigenvalue weighted by molar-refractivity contribution is 0.0528. The first-order valence-electron chi connectivity index (χ1n) is 8.60. The molecule has 0 saturated heterocycles. The van der Waals surface area contributed by atoms with Crippen LogP contribution in [0.1, 0.15) is 43.5 Å². The van der Waals surface area contributed by atoms with Crippen LogP contribution in [-0.4, -0.2) is 33.6 Å². The van der Waals surface area contributed by atoms with Crippen LogP contribution in [0.3, 0.4) is 0 Å². The molecule has 1 unspecified atom stereocenters. The summed E-state index contributed by atoms with van der Waals surface area (Å²) in [6.07, 6.45) is 2.01. The molecule has 0 saturated carbocycles. The van der Waals surface area contributed by atoms with Gasteiger partial charge in [-0.15, -0.1) is 0 Å². The summed E-state index contributed by atoms with van der Waals surface area (Å²) in [5.41, 5.74) is 7.08. The van der Waals surface area contributed by atoms with E-state index in [1.807, 2.05) is 30.3 Å². The molecular formula is C18H26N4O3. The van der Waals surface area contributed by atoms with Crippen LogP contribution in [-0.2, 0) is 11.3 Å². The zero-order valence-electron chi connectivity index (χ0n) is 14.7. The third-order valence-electron chi connectivity index (χ3n) is 3.78. The van der Waals surface area contributed by atoms with Crippen molar-refractivity contribution >= 4 is 23.3 Å². The third kappa shape index (κ3) is 4.96. The van der Waals surface area contributed by atoms with Crippen LogP contribution in [0.2, 0.25) is 0 Å². The number of nitrogens with zero attached hydrogens (tertiary/aromatic N) is 2. The number of rotatable bonds is 9. The van der Waals surface area contributed by atoms with Gasteiger partial charge < -0.3 is 20.9 Å². The number of aliphatic hydroxyl groups excluding tert-OH is 1. The quantitative estimate of drug-likeness (QED) is 0.603. The maximum absolute atomic E-state index is 12.3. The van der Waals surface area contributed by atoms with E-state index in [4.69, 9.17) is 10.5 Å². The fourth-order valence-corrected chi connectivity index (χ4v) is 2.49. The zero-order chi connectivity index (χ0) is 18.2. The number of nitrogens with one attached hydrogen (secondary N) is 1. The van der Waals surface area contributed by atoms with Crippen molar-refractivity contribution in [2.24, 2.45) is 0 Å². The van der Waals surface area contributed by atoms with Gasteiger partial charge >= 0.3 is 5.97 Å². The first-order valence-corrected chi connectivity index (χ1v) is 8.60. The number of para-hydroxylation sites is 1. The number of ether oxygens (including phenoxy) is 1. The van der Waals surface area contributed by atoms with Gasteiger partial charge in [0.25, 0.3) is 0 Å². The molecule has 1 heterocycles. The number of hydrogen-bond acceptors (Lipinski definition) is 6. The summed E-state index contributed by atoms with van der Waals surface area (Å²) in [6, 6.07) is 9.37. The van der Waals surface area contributed by atoms with E-state index in [1.165, 1.54) is 4.68 Å². The number of hydrogen-bond donors (Lipinski definition) is 3. The minimum Gasteiger partial charge on any atom is -0.462 e. The van der Waals surface area contributed by atoms with Crippen LogP contribution < -0.4 is 11.1 Å². The van der Waals surface area contributed by atoms with E-state index < -0.39 is 12.1 Å². The highest BCUT2D eigenvalue weighted by Gasteiger charge is 2.24. The molecule has 0 aliphatic carbocycles. The summed E-state index contributed by atoms with van der Waals surface area (Å²) in [4.78, 5) is 12.3. The lowest BCUT2D eigenvalue weighted by Gasteiger charge is -2.11. The van der Waals surface area contributed by atoms with Crippen molar-refractivity contribution in [2.45, 2.75) is 45.8 Å². The third-order valence-corrected chi connectivity index (χ3v) is 3.78. The highest BCUT2D eigenvalue weighted by Crippen LogP contribution is 2.26. The molecule has 0 radical (unpaired) electrons. The van der Waals surface area contributed by atoms with Crippen molar-refractivity contribution in [2.75, 3.05) is 17.7 Å². The smallest absolute Gasteiger partial charge is 0.345 e. The van der Waals surface area contributed by atoms with E-state index in [0.717, 1.165) is 18.5 Å². The summed E-state index contributed by atoms with van der Waals surface area (Å²) in [5.74, 6) is -0.0231. The second-order valence-corrected chi connectivity index (χ2v) is 5.80. The number of nitrogens with two attached hydrogens (primary N) is 1. The van der Waals surface area contributed by atoms with Crippen molar-refractivity contribution < 1.29 is 14.6 Å². The molecule has 0 spiro atoms. The van der Waals surface area contributed by atoms with Gasteiger partial charge in [-0.1, -0.05) is 38.0 Å². The van der Waals surface area contributed by atoms with Crippen LogP contribution >= 0.6 is 0 Å². The Balaban J connectivity index is 2.29. The lowest BCUT2D eigenvalue weighted by atomic mass is 10.1. The average molecular weight is 346 g/mol. The van der Waals surface area contributed by atoms with Gasteiger partial charge in [-0.2, -0.15) is 5.10 Å². The molecule has 0 amide bonds. The molecule has 1 atom stereocenters. The molecule has 25 heavy (non-hydrogen) atoms. The Morgan fingerprint density at radius 2 is 2.08 bits per heavy atom. The maximum atomic E-state index is 12.3. The van der Waals surface area contributed by atoms with E-state index in [9.17, 15) is 9.90 Å². The molecule has 0 bridgehead atoms. The zero-order valence-corrected chi connectivity index (χ0v) is 14.7. The number of aromatic nitrogens is 2. The first kappa shape index (κ1) is 18.8. The summed E-state index contributed by atoms with van der Waals surface area (Å²) in [7, 11) is 0. The van der Waals surface area contributed by atoms with Gasteiger partial charge in [-0.25, -0.2) is 9.48 Å². The average Bonchev–Trinajstić information content (AvgIpc) is 2.89. The van der Waals surface area contributed by atoms with Crippen LogP contribution in [0.4, 0.5) is 17.3 Å². The Morgan fingerprint density at radius 1 is 1.36 bits per heavy atom. The molecule has 2 rings (SSSR count). The highest BCUT2D eigenvalue weighted by molar-refractivity contribution is 6.00. The number of nitrogen functional groups attached to an aromatic ring is 1. The van der Waals surface area contributed by atoms with Crippen LogP contribution in [0.15, 0.2) is 30.3 Å². The van der Waals surface area contributed by atoms with Gasteiger partial charge in [0.15, 0.2) is 5.82 Å². The van der Waals surface area contributed by atoms with E-state index in [-0.39, 0.29) is 24.5 Å². The fourth-order valence-electron chi connectivity index (χ4n) is 2.49. The second-order valence-electron chi connectivity index (χ2n) is 5.80. The number of aliphatic hydroxyl groups is 1. The first-order chi connectivity index (χ1) is 12.1. The minimum absolute atomic E-state index is 0.187. The van der Waals surface area contributed by atoms with E-state index in [2.05, 4.69) is 17.3 Å². The Bertz CT molecular complexity index is 685. The second kappa shape index (κ2) is 9.08. The van der Waals surface area contributed by atoms with Gasteiger partial charge in [0, 0.05) is 5.69 Å². The van der Waals surface area contributed by atoms with E-state index in [0.29, 0.717) is 12.2 Å². The summed E-state index contributed by atoms with van der Waals surface area (Å²) in [6.45, 7) is 4.27. The topological polar surface area (TPSA) is 102 Å². The predicted molar refractivity (Wildman–Crippen MR) is 97.9 cm³/mol. The van der Waals surface area contributed by atoms with Gasteiger partial charge in [0.2, 0.25) is 0 Å². The molecule has 0 aliphatic heterocycles. The Hall–Kier alpha value is -2.54. The molecule has 1 aromatic carbocycles. The number of carbonyl (C=O) groups excluding carboxylic acids is 1. The minimum atomic E-state index is -0.568. The number of unbranched alkanes of at least 4 members (excludes halogenated alkanes) is 1. The number of carbonyl (C=O) groups is 1. The van der Waals surface area contributed by atoms with Gasteiger partial charge in [-0.05, 0) is 25.5 Å². The number of esters is 1. The standard InChI is InChI=1S/C18H26N4O3/c1-3-5-11-14(23)12-22-16(19)15(18(24)25-4-2)17(21-22)20-13-9-7-6-8-10-13/h6-10,14,23H,3-5,11-12,19H2,1-2H3,(H,20,21). The van der Waals surface area contributed by atoms with Crippen LogP contribution in [0.25, 0.3) is 0 Å². The molecule has 0 aliphatic rings. The van der Waals surface area contributed by atoms with Crippen molar-refractivity contribution in [3.8, 4) is 0 Å². The maximum Gasteiger partial charge on any atom is 0.345 e. The highest BCUT2D eigenvalue weighted by atomic mass is 16.5. The Morgan fingerprint density at radius 3 is 2.72 bits per heavy atom. The summed E-state index contributed by atoms with van der Waals surface area (Å²) >= 11 is 0. The molecular weight excluding hydrogens is 320 g/mol. The predicted octanol–water partition coefficient (Wildman–Crippen LogP) is 2.94. The van der Waals surface area contributed by atoms with E-state index in [1.54, 1.807) is 6.92 Å². The number of anilines is 3. The van der Waals surface area contributed by atoms with Crippen molar-refractivity contribution in [1.29, 1.82) is 0 Å². The molecule has 0 fully saturated rings. The normalized spacial score (nSPS) is 12.0. The summed E-state index contributed by atoms with van der Waals surface area (Å²) in [5, 5.41) is 17.6. The van der Waals surface area contributed by atoms with Crippen LogP contribution in [0, 0.1) is 0 Å². The Kier molecular flexibility index (Phi) is 6.82. The largest absolute Gasteiger partial charge is 0.462 e. The van der Waals surface area contributed by atoms with E-state index >= 15 is 0 Å². The van der Waals surface area contributed by atoms with Gasteiger partial charge in [0.1, 0.15) is 11.4 Å². The van der Waals surface area contributed by atoms with Gasteiger partial charge in [0.05, 0.1) is 19.3 Å². The monoisotopic (exact) mass is 346 g/mol. The molecule has 4 N–H and O–H groups in total. The molecule has 2 aromatic rings. The van der Waals surface area contributed by atoms with Gasteiger partial charge in [-0.3, -0.25) is 0 Å². The van der Waals surface area contributed by atoms with Crippen molar-refractivity contribution in [3.05, 3.63) is 35.9 Å². The molecule has 136 valence electrons.